The SMILES string of the molecule is Cc1ccc(CNC(=O)CN(CCO)CC(F)F)cc1F. The zero-order chi connectivity index (χ0) is 15.8. The molecule has 0 heterocycles. The van der Waals surface area contributed by atoms with Gasteiger partial charge in [-0.15, -0.1) is 0 Å². The van der Waals surface area contributed by atoms with E-state index in [0.717, 1.165) is 4.90 Å². The molecule has 4 nitrogen and oxygen atoms in total. The molecular weight excluding hydrogens is 285 g/mol. The summed E-state index contributed by atoms with van der Waals surface area (Å²) in [6, 6.07) is 4.61. The minimum absolute atomic E-state index is 0.00306. The van der Waals surface area contributed by atoms with E-state index < -0.39 is 18.9 Å². The summed E-state index contributed by atoms with van der Waals surface area (Å²) in [4.78, 5) is 12.8. The van der Waals surface area contributed by atoms with E-state index >= 15 is 0 Å². The molecule has 21 heavy (non-hydrogen) atoms. The molecule has 118 valence electrons. The molecule has 0 aromatic heterocycles. The maximum Gasteiger partial charge on any atom is 0.251 e. The Morgan fingerprint density at radius 2 is 2.14 bits per heavy atom. The lowest BCUT2D eigenvalue weighted by molar-refractivity contribution is -0.122. The third-order valence-electron chi connectivity index (χ3n) is 2.91. The first-order chi connectivity index (χ1) is 9.92. The van der Waals surface area contributed by atoms with Gasteiger partial charge in [0.1, 0.15) is 5.82 Å². The number of aryl methyl sites for hydroxylation is 1. The van der Waals surface area contributed by atoms with Crippen molar-refractivity contribution in [1.29, 1.82) is 0 Å². The largest absolute Gasteiger partial charge is 0.395 e. The van der Waals surface area contributed by atoms with Gasteiger partial charge < -0.3 is 10.4 Å². The van der Waals surface area contributed by atoms with E-state index in [9.17, 15) is 18.0 Å². The van der Waals surface area contributed by atoms with E-state index in [1.807, 2.05) is 0 Å². The summed E-state index contributed by atoms with van der Waals surface area (Å²) in [6.45, 7) is 0.638. The van der Waals surface area contributed by atoms with E-state index in [4.69, 9.17) is 5.11 Å². The fourth-order valence-corrected chi connectivity index (χ4v) is 1.78. The Hall–Kier alpha value is -1.60. The van der Waals surface area contributed by atoms with Crippen LogP contribution in [0.5, 0.6) is 0 Å². The molecule has 0 unspecified atom stereocenters. The van der Waals surface area contributed by atoms with E-state index in [0.29, 0.717) is 11.1 Å². The van der Waals surface area contributed by atoms with Crippen molar-refractivity contribution in [3.63, 3.8) is 0 Å². The Labute approximate surface area is 121 Å². The van der Waals surface area contributed by atoms with Crippen molar-refractivity contribution in [2.45, 2.75) is 19.9 Å². The molecule has 0 aliphatic rings. The molecule has 0 fully saturated rings. The number of aliphatic hydroxyl groups excluding tert-OH is 1. The Balaban J connectivity index is 2.46. The Morgan fingerprint density at radius 1 is 1.43 bits per heavy atom. The monoisotopic (exact) mass is 304 g/mol. The molecule has 0 aliphatic heterocycles. The van der Waals surface area contributed by atoms with Crippen molar-refractivity contribution in [3.8, 4) is 0 Å². The number of nitrogens with zero attached hydrogens (tertiary/aromatic N) is 1. The highest BCUT2D eigenvalue weighted by Crippen LogP contribution is 2.08. The number of carbonyl (C=O) groups is 1. The number of nitrogens with one attached hydrogen (secondary N) is 1. The normalized spacial score (nSPS) is 11.2. The second kappa shape index (κ2) is 8.63. The molecule has 1 rings (SSSR count). The minimum Gasteiger partial charge on any atom is -0.395 e. The molecule has 0 saturated heterocycles. The molecule has 0 aliphatic carbocycles. The van der Waals surface area contributed by atoms with Crippen LogP contribution < -0.4 is 5.32 Å². The van der Waals surface area contributed by atoms with Crippen LogP contribution >= 0.6 is 0 Å². The smallest absolute Gasteiger partial charge is 0.251 e. The average molecular weight is 304 g/mol. The summed E-state index contributed by atoms with van der Waals surface area (Å²) < 4.78 is 37.9. The lowest BCUT2D eigenvalue weighted by Gasteiger charge is -2.20. The van der Waals surface area contributed by atoms with Crippen LogP contribution in [0.25, 0.3) is 0 Å². The number of hydrogen-bond acceptors (Lipinski definition) is 3. The maximum absolute atomic E-state index is 13.3. The molecule has 0 bridgehead atoms. The van der Waals surface area contributed by atoms with Crippen LogP contribution in [-0.2, 0) is 11.3 Å². The van der Waals surface area contributed by atoms with Gasteiger partial charge in [0.05, 0.1) is 19.7 Å². The summed E-state index contributed by atoms with van der Waals surface area (Å²) in [5, 5.41) is 11.3. The standard InChI is InChI=1S/C14H19F3N2O2/c1-10-2-3-11(6-12(10)15)7-18-14(21)9-19(4-5-20)8-13(16)17/h2-3,6,13,20H,4-5,7-9H2,1H3,(H,18,21). The Bertz CT molecular complexity index is 470. The number of alkyl halides is 2. The van der Waals surface area contributed by atoms with E-state index in [-0.39, 0.29) is 32.1 Å². The number of benzene rings is 1. The molecular formula is C14H19F3N2O2. The number of halogens is 3. The molecule has 0 radical (unpaired) electrons. The molecule has 1 aromatic rings. The average Bonchev–Trinajstić information content (AvgIpc) is 2.39. The molecule has 0 saturated carbocycles. The van der Waals surface area contributed by atoms with Gasteiger partial charge in [-0.3, -0.25) is 9.69 Å². The third kappa shape index (κ3) is 6.59. The van der Waals surface area contributed by atoms with Crippen LogP contribution in [0.3, 0.4) is 0 Å². The van der Waals surface area contributed by atoms with E-state index in [1.54, 1.807) is 19.1 Å². The van der Waals surface area contributed by atoms with Crippen LogP contribution in [-0.4, -0.2) is 48.6 Å². The Kier molecular flexibility index (Phi) is 7.18. The van der Waals surface area contributed by atoms with E-state index in [2.05, 4.69) is 5.32 Å². The quantitative estimate of drug-likeness (QED) is 0.761. The topological polar surface area (TPSA) is 52.6 Å². The van der Waals surface area contributed by atoms with Crippen LogP contribution in [0, 0.1) is 12.7 Å². The van der Waals surface area contributed by atoms with Crippen molar-refractivity contribution < 1.29 is 23.1 Å². The van der Waals surface area contributed by atoms with Gasteiger partial charge in [0, 0.05) is 13.1 Å². The lowest BCUT2D eigenvalue weighted by atomic mass is 10.1. The van der Waals surface area contributed by atoms with Crippen molar-refractivity contribution in [3.05, 3.63) is 35.1 Å². The molecule has 7 heteroatoms. The molecule has 0 atom stereocenters. The van der Waals surface area contributed by atoms with Gasteiger partial charge in [0.2, 0.25) is 5.91 Å². The van der Waals surface area contributed by atoms with Gasteiger partial charge in [-0.2, -0.15) is 0 Å². The first-order valence-electron chi connectivity index (χ1n) is 6.55. The van der Waals surface area contributed by atoms with Gasteiger partial charge >= 0.3 is 0 Å². The van der Waals surface area contributed by atoms with Crippen molar-refractivity contribution in [1.82, 2.24) is 10.2 Å². The molecule has 1 aromatic carbocycles. The van der Waals surface area contributed by atoms with Crippen LogP contribution in [0.2, 0.25) is 0 Å². The van der Waals surface area contributed by atoms with Gasteiger partial charge in [-0.25, -0.2) is 13.2 Å². The summed E-state index contributed by atoms with van der Waals surface area (Å²) in [6.07, 6.45) is -2.57. The van der Waals surface area contributed by atoms with Crippen LogP contribution in [0.4, 0.5) is 13.2 Å². The Morgan fingerprint density at radius 3 is 2.71 bits per heavy atom. The van der Waals surface area contributed by atoms with Gasteiger partial charge in [-0.1, -0.05) is 12.1 Å². The summed E-state index contributed by atoms with van der Waals surface area (Å²) in [7, 11) is 0. The first-order valence-corrected chi connectivity index (χ1v) is 6.55. The highest BCUT2D eigenvalue weighted by Gasteiger charge is 2.15. The van der Waals surface area contributed by atoms with Gasteiger partial charge in [-0.05, 0) is 24.1 Å². The molecule has 0 spiro atoms. The number of aliphatic hydroxyl groups is 1. The molecule has 2 N–H and O–H groups in total. The van der Waals surface area contributed by atoms with Crippen molar-refractivity contribution >= 4 is 5.91 Å². The fraction of sp³-hybridized carbons (Fsp3) is 0.500. The zero-order valence-corrected chi connectivity index (χ0v) is 11.8. The van der Waals surface area contributed by atoms with Gasteiger partial charge in [0.15, 0.2) is 0 Å². The fourth-order valence-electron chi connectivity index (χ4n) is 1.78. The van der Waals surface area contributed by atoms with Crippen molar-refractivity contribution in [2.75, 3.05) is 26.2 Å². The highest BCUT2D eigenvalue weighted by molar-refractivity contribution is 5.78. The lowest BCUT2D eigenvalue weighted by Crippen LogP contribution is -2.40. The van der Waals surface area contributed by atoms with Crippen molar-refractivity contribution in [2.24, 2.45) is 0 Å². The highest BCUT2D eigenvalue weighted by atomic mass is 19.3. The van der Waals surface area contributed by atoms with Gasteiger partial charge in [0.25, 0.3) is 6.43 Å². The summed E-state index contributed by atoms with van der Waals surface area (Å²) >= 11 is 0. The second-order valence-electron chi connectivity index (χ2n) is 4.71. The van der Waals surface area contributed by atoms with E-state index in [1.165, 1.54) is 6.07 Å². The second-order valence-corrected chi connectivity index (χ2v) is 4.71. The number of amides is 1. The van der Waals surface area contributed by atoms with Crippen LogP contribution in [0.15, 0.2) is 18.2 Å². The number of rotatable bonds is 8. The minimum atomic E-state index is -2.57. The molecule has 1 amide bonds. The maximum atomic E-state index is 13.3. The third-order valence-corrected chi connectivity index (χ3v) is 2.91. The number of hydrogen-bond donors (Lipinski definition) is 2. The predicted molar refractivity (Wildman–Crippen MR) is 72.5 cm³/mol. The zero-order valence-electron chi connectivity index (χ0n) is 11.8. The first kappa shape index (κ1) is 17.5. The van der Waals surface area contributed by atoms with Crippen LogP contribution in [0.1, 0.15) is 11.1 Å². The number of carbonyl (C=O) groups excluding carboxylic acids is 1. The summed E-state index contributed by atoms with van der Waals surface area (Å²) in [5.41, 5.74) is 1.10. The predicted octanol–water partition coefficient (Wildman–Crippen LogP) is 1.31. The summed E-state index contributed by atoms with van der Waals surface area (Å²) in [5.74, 6) is -0.813.